The monoisotopic (exact) mass is 275 g/mol. The fourth-order valence-corrected chi connectivity index (χ4v) is 3.35. The molecule has 0 spiro atoms. The van der Waals surface area contributed by atoms with Crippen LogP contribution in [0.25, 0.3) is 0 Å². The van der Waals surface area contributed by atoms with E-state index in [1.54, 1.807) is 12.1 Å². The molecule has 0 saturated carbocycles. The molecule has 1 aliphatic rings. The summed E-state index contributed by atoms with van der Waals surface area (Å²) in [5, 5.41) is 3.82. The van der Waals surface area contributed by atoms with Gasteiger partial charge < -0.3 is 5.32 Å². The van der Waals surface area contributed by atoms with Crippen LogP contribution in [0.3, 0.4) is 0 Å². The summed E-state index contributed by atoms with van der Waals surface area (Å²) < 4.78 is 38.3. The van der Waals surface area contributed by atoms with Gasteiger partial charge in [-0.1, -0.05) is 25.1 Å². The van der Waals surface area contributed by atoms with Gasteiger partial charge in [-0.05, 0) is 18.1 Å². The number of halogens is 3. The molecule has 5 heteroatoms. The maximum Gasteiger partial charge on any atom is 0.416 e. The Morgan fingerprint density at radius 2 is 2.06 bits per heavy atom. The maximum absolute atomic E-state index is 12.8. The second-order valence-electron chi connectivity index (χ2n) is 4.61. The van der Waals surface area contributed by atoms with Crippen molar-refractivity contribution >= 4 is 11.8 Å². The minimum absolute atomic E-state index is 0.285. The van der Waals surface area contributed by atoms with Gasteiger partial charge in [-0.2, -0.15) is 24.9 Å². The van der Waals surface area contributed by atoms with E-state index >= 15 is 0 Å². The number of hydrogen-bond acceptors (Lipinski definition) is 2. The summed E-state index contributed by atoms with van der Waals surface area (Å²) in [5.74, 6) is 0.981. The lowest BCUT2D eigenvalue weighted by Gasteiger charge is -2.16. The molecule has 1 saturated heterocycles. The fraction of sp³-hybridized carbons (Fsp3) is 0.538. The highest BCUT2D eigenvalue weighted by Crippen LogP contribution is 2.32. The fourth-order valence-electron chi connectivity index (χ4n) is 2.16. The largest absolute Gasteiger partial charge is 0.416 e. The van der Waals surface area contributed by atoms with Gasteiger partial charge in [0.25, 0.3) is 0 Å². The number of benzene rings is 1. The van der Waals surface area contributed by atoms with Crippen molar-refractivity contribution in [2.45, 2.75) is 37.4 Å². The van der Waals surface area contributed by atoms with Gasteiger partial charge in [0, 0.05) is 23.6 Å². The third-order valence-electron chi connectivity index (χ3n) is 3.10. The van der Waals surface area contributed by atoms with Crippen molar-refractivity contribution in [1.82, 2.24) is 5.32 Å². The Morgan fingerprint density at radius 3 is 2.67 bits per heavy atom. The Labute approximate surface area is 109 Å². The Morgan fingerprint density at radius 1 is 1.33 bits per heavy atom. The number of alkyl halides is 3. The van der Waals surface area contributed by atoms with E-state index in [-0.39, 0.29) is 6.54 Å². The zero-order chi connectivity index (χ0) is 13.2. The minimum Gasteiger partial charge on any atom is -0.309 e. The third-order valence-corrected chi connectivity index (χ3v) is 4.46. The van der Waals surface area contributed by atoms with Gasteiger partial charge in [-0.3, -0.25) is 0 Å². The Bertz CT molecular complexity index is 405. The predicted molar refractivity (Wildman–Crippen MR) is 68.6 cm³/mol. The summed E-state index contributed by atoms with van der Waals surface area (Å²) in [6.45, 7) is 2.43. The van der Waals surface area contributed by atoms with E-state index < -0.39 is 11.7 Å². The Balaban J connectivity index is 2.01. The lowest BCUT2D eigenvalue weighted by Crippen LogP contribution is -2.29. The summed E-state index contributed by atoms with van der Waals surface area (Å²) in [6, 6.07) is 6.09. The molecule has 0 aromatic heterocycles. The molecule has 1 heterocycles. The molecule has 1 N–H and O–H groups in total. The first-order valence-corrected chi connectivity index (χ1v) is 7.02. The van der Waals surface area contributed by atoms with E-state index in [1.165, 1.54) is 6.07 Å². The van der Waals surface area contributed by atoms with Crippen LogP contribution in [0.15, 0.2) is 24.3 Å². The first-order chi connectivity index (χ1) is 8.47. The lowest BCUT2D eigenvalue weighted by atomic mass is 10.1. The summed E-state index contributed by atoms with van der Waals surface area (Å²) in [7, 11) is 0. The molecule has 0 bridgehead atoms. The number of hydrogen-bond donors (Lipinski definition) is 1. The van der Waals surface area contributed by atoms with E-state index in [1.807, 2.05) is 11.8 Å². The molecule has 1 aromatic rings. The van der Waals surface area contributed by atoms with Gasteiger partial charge in [0.2, 0.25) is 0 Å². The van der Waals surface area contributed by atoms with Crippen molar-refractivity contribution in [2.75, 3.05) is 5.75 Å². The first kappa shape index (κ1) is 13.7. The first-order valence-electron chi connectivity index (χ1n) is 5.97. The Hall–Kier alpha value is -0.680. The molecule has 0 aliphatic carbocycles. The Kier molecular flexibility index (Phi) is 4.22. The number of rotatable bonds is 3. The van der Waals surface area contributed by atoms with Crippen LogP contribution >= 0.6 is 11.8 Å². The molecule has 100 valence electrons. The van der Waals surface area contributed by atoms with Crippen molar-refractivity contribution in [3.63, 3.8) is 0 Å². The van der Waals surface area contributed by atoms with E-state index in [2.05, 4.69) is 12.2 Å². The van der Waals surface area contributed by atoms with Crippen LogP contribution in [0.5, 0.6) is 0 Å². The van der Waals surface area contributed by atoms with Crippen molar-refractivity contribution in [3.8, 4) is 0 Å². The predicted octanol–water partition coefficient (Wildman–Crippen LogP) is 3.69. The van der Waals surface area contributed by atoms with Crippen LogP contribution in [0.4, 0.5) is 13.2 Å². The molecular formula is C13H16F3NS. The summed E-state index contributed by atoms with van der Waals surface area (Å²) in [4.78, 5) is 0. The number of thioether (sulfide) groups is 1. The van der Waals surface area contributed by atoms with E-state index in [4.69, 9.17) is 0 Å². The molecule has 1 nitrogen and oxygen atoms in total. The summed E-state index contributed by atoms with van der Waals surface area (Å²) >= 11 is 1.87. The van der Waals surface area contributed by atoms with E-state index in [0.717, 1.165) is 18.2 Å². The molecule has 1 aliphatic heterocycles. The van der Waals surface area contributed by atoms with Crippen LogP contribution < -0.4 is 5.32 Å². The summed E-state index contributed by atoms with van der Waals surface area (Å²) in [6.07, 6.45) is -3.24. The highest BCUT2D eigenvalue weighted by molar-refractivity contribution is 8.00. The molecule has 1 aromatic carbocycles. The van der Waals surface area contributed by atoms with Crippen LogP contribution in [0, 0.1) is 0 Å². The molecule has 0 amide bonds. The second kappa shape index (κ2) is 5.53. The highest BCUT2D eigenvalue weighted by atomic mass is 32.2. The van der Waals surface area contributed by atoms with Crippen LogP contribution in [-0.2, 0) is 12.7 Å². The SMILES string of the molecule is CC1CC(NCc2ccccc2C(F)(F)F)CS1. The van der Waals surface area contributed by atoms with Gasteiger partial charge in [-0.15, -0.1) is 0 Å². The normalized spacial score (nSPS) is 24.4. The standard InChI is InChI=1S/C13H16F3NS/c1-9-6-11(8-18-9)17-7-10-4-2-3-5-12(10)13(14,15)16/h2-5,9,11,17H,6-8H2,1H3. The van der Waals surface area contributed by atoms with Crippen molar-refractivity contribution in [1.29, 1.82) is 0 Å². The average molecular weight is 275 g/mol. The van der Waals surface area contributed by atoms with E-state index in [9.17, 15) is 13.2 Å². The van der Waals surface area contributed by atoms with Crippen LogP contribution in [0.2, 0.25) is 0 Å². The molecule has 0 radical (unpaired) electrons. The average Bonchev–Trinajstić information content (AvgIpc) is 2.72. The third kappa shape index (κ3) is 3.42. The topological polar surface area (TPSA) is 12.0 Å². The van der Waals surface area contributed by atoms with Crippen molar-refractivity contribution < 1.29 is 13.2 Å². The van der Waals surface area contributed by atoms with Crippen LogP contribution in [-0.4, -0.2) is 17.0 Å². The zero-order valence-electron chi connectivity index (χ0n) is 10.1. The van der Waals surface area contributed by atoms with Crippen molar-refractivity contribution in [3.05, 3.63) is 35.4 Å². The quantitative estimate of drug-likeness (QED) is 0.903. The van der Waals surface area contributed by atoms with Gasteiger partial charge in [0.1, 0.15) is 0 Å². The molecule has 2 unspecified atom stereocenters. The lowest BCUT2D eigenvalue weighted by molar-refractivity contribution is -0.138. The van der Waals surface area contributed by atoms with E-state index in [0.29, 0.717) is 16.9 Å². The highest BCUT2D eigenvalue weighted by Gasteiger charge is 2.33. The van der Waals surface area contributed by atoms with Gasteiger partial charge in [0.15, 0.2) is 0 Å². The van der Waals surface area contributed by atoms with Gasteiger partial charge in [-0.25, -0.2) is 0 Å². The minimum atomic E-state index is -4.27. The molecular weight excluding hydrogens is 259 g/mol. The van der Waals surface area contributed by atoms with Gasteiger partial charge in [0.05, 0.1) is 5.56 Å². The molecule has 2 atom stereocenters. The summed E-state index contributed by atoms with van der Waals surface area (Å²) in [5.41, 5.74) is -0.203. The smallest absolute Gasteiger partial charge is 0.309 e. The molecule has 18 heavy (non-hydrogen) atoms. The maximum atomic E-state index is 12.8. The van der Waals surface area contributed by atoms with Crippen molar-refractivity contribution in [2.24, 2.45) is 0 Å². The van der Waals surface area contributed by atoms with Gasteiger partial charge >= 0.3 is 6.18 Å². The molecule has 1 fully saturated rings. The zero-order valence-corrected chi connectivity index (χ0v) is 10.9. The van der Waals surface area contributed by atoms with Crippen LogP contribution in [0.1, 0.15) is 24.5 Å². The second-order valence-corrected chi connectivity index (χ2v) is 6.08. The molecule has 2 rings (SSSR count). The number of nitrogens with one attached hydrogen (secondary N) is 1.